The van der Waals surface area contributed by atoms with Crippen molar-refractivity contribution in [1.82, 2.24) is 0 Å². The van der Waals surface area contributed by atoms with Gasteiger partial charge in [-0.3, -0.25) is 4.79 Å². The van der Waals surface area contributed by atoms with E-state index in [1.807, 2.05) is 25.1 Å². The Morgan fingerprint density at radius 3 is 2.62 bits per heavy atom. The zero-order valence-corrected chi connectivity index (χ0v) is 17.7. The lowest BCUT2D eigenvalue weighted by atomic mass is 10.1. The van der Waals surface area contributed by atoms with E-state index in [1.54, 1.807) is 24.3 Å². The number of benzene rings is 2. The number of amides is 1. The van der Waals surface area contributed by atoms with Crippen LogP contribution in [0.3, 0.4) is 0 Å². The first-order valence-electron chi connectivity index (χ1n) is 8.45. The van der Waals surface area contributed by atoms with E-state index in [2.05, 4.69) is 26.0 Å². The molecule has 0 aliphatic rings. The highest BCUT2D eigenvalue weighted by Gasteiger charge is 2.15. The summed E-state index contributed by atoms with van der Waals surface area (Å²) in [6.07, 6.45) is 1.43. The molecule has 2 rings (SSSR count). The summed E-state index contributed by atoms with van der Waals surface area (Å²) in [6.45, 7) is 1.62. The zero-order chi connectivity index (χ0) is 21.4. The molecule has 0 fully saturated rings. The second-order valence-electron chi connectivity index (χ2n) is 5.89. The second-order valence-corrected chi connectivity index (χ2v) is 6.75. The molecule has 0 saturated heterocycles. The molecular formula is C21H19BrN2O5. The third kappa shape index (κ3) is 6.09. The van der Waals surface area contributed by atoms with Crippen molar-refractivity contribution in [1.29, 1.82) is 5.26 Å². The Morgan fingerprint density at radius 2 is 2.00 bits per heavy atom. The fraction of sp³-hybridized carbons (Fsp3) is 0.190. The van der Waals surface area contributed by atoms with Crippen LogP contribution in [0.5, 0.6) is 11.5 Å². The average molecular weight is 459 g/mol. The van der Waals surface area contributed by atoms with E-state index in [0.717, 1.165) is 5.56 Å². The molecule has 0 unspecified atom stereocenters. The molecule has 8 heteroatoms. The number of esters is 1. The number of halogens is 1. The van der Waals surface area contributed by atoms with E-state index in [1.165, 1.54) is 20.3 Å². The Hall–Kier alpha value is -3.31. The van der Waals surface area contributed by atoms with Gasteiger partial charge in [0, 0.05) is 5.69 Å². The van der Waals surface area contributed by atoms with Crippen molar-refractivity contribution >= 4 is 39.6 Å². The van der Waals surface area contributed by atoms with Crippen molar-refractivity contribution in [2.24, 2.45) is 0 Å². The third-order valence-electron chi connectivity index (χ3n) is 3.77. The maximum Gasteiger partial charge on any atom is 0.343 e. The standard InChI is InChI=1S/C21H19BrN2O5/c1-13-5-4-6-16(7-13)24-21(26)15(11-23)8-14-9-17(22)20(18(10-14)27-2)29-12-19(25)28-3/h4-10H,12H2,1-3H3,(H,24,26)/b15-8-. The molecule has 0 aromatic heterocycles. The smallest absolute Gasteiger partial charge is 0.343 e. The number of carbonyl (C=O) groups excluding carboxylic acids is 2. The number of anilines is 1. The van der Waals surface area contributed by atoms with Crippen LogP contribution in [0, 0.1) is 18.3 Å². The fourth-order valence-corrected chi connectivity index (χ4v) is 2.96. The molecule has 0 bridgehead atoms. The number of rotatable bonds is 7. The van der Waals surface area contributed by atoms with E-state index in [-0.39, 0.29) is 12.2 Å². The van der Waals surface area contributed by atoms with Gasteiger partial charge in [0.05, 0.1) is 18.7 Å². The molecule has 7 nitrogen and oxygen atoms in total. The zero-order valence-electron chi connectivity index (χ0n) is 16.1. The highest BCUT2D eigenvalue weighted by molar-refractivity contribution is 9.10. The van der Waals surface area contributed by atoms with Gasteiger partial charge in [0.2, 0.25) is 0 Å². The van der Waals surface area contributed by atoms with E-state index in [9.17, 15) is 14.9 Å². The number of nitrogens with one attached hydrogen (secondary N) is 1. The first kappa shape index (κ1) is 22.0. The van der Waals surface area contributed by atoms with Crippen molar-refractivity contribution in [2.75, 3.05) is 26.1 Å². The van der Waals surface area contributed by atoms with Gasteiger partial charge >= 0.3 is 5.97 Å². The summed E-state index contributed by atoms with van der Waals surface area (Å²) >= 11 is 3.35. The van der Waals surface area contributed by atoms with Gasteiger partial charge in [0.15, 0.2) is 18.1 Å². The van der Waals surface area contributed by atoms with Crippen LogP contribution in [0.2, 0.25) is 0 Å². The minimum atomic E-state index is -0.539. The van der Waals surface area contributed by atoms with Crippen molar-refractivity contribution in [2.45, 2.75) is 6.92 Å². The number of hydrogen-bond donors (Lipinski definition) is 1. The first-order chi connectivity index (χ1) is 13.9. The van der Waals surface area contributed by atoms with Gasteiger partial charge in [-0.1, -0.05) is 12.1 Å². The van der Waals surface area contributed by atoms with Crippen molar-refractivity contribution < 1.29 is 23.8 Å². The van der Waals surface area contributed by atoms with Crippen molar-refractivity contribution in [3.8, 4) is 17.6 Å². The highest BCUT2D eigenvalue weighted by Crippen LogP contribution is 2.37. The summed E-state index contributed by atoms with van der Waals surface area (Å²) in [5.74, 6) is -0.439. The average Bonchev–Trinajstić information content (AvgIpc) is 2.70. The minimum absolute atomic E-state index is 0.0799. The van der Waals surface area contributed by atoms with E-state index in [0.29, 0.717) is 27.2 Å². The SMILES string of the molecule is COC(=O)COc1c(Br)cc(/C=C(/C#N)C(=O)Nc2cccc(C)c2)cc1OC. The Kier molecular flexibility index (Phi) is 7.80. The largest absolute Gasteiger partial charge is 0.493 e. The number of carbonyl (C=O) groups is 2. The maximum absolute atomic E-state index is 12.5. The number of ether oxygens (including phenoxy) is 3. The molecule has 0 aliphatic heterocycles. The van der Waals surface area contributed by atoms with Gasteiger partial charge in [-0.05, 0) is 64.3 Å². The Balaban J connectivity index is 2.28. The van der Waals surface area contributed by atoms with Crippen LogP contribution in [0.25, 0.3) is 6.08 Å². The lowest BCUT2D eigenvalue weighted by Crippen LogP contribution is -2.14. The van der Waals surface area contributed by atoms with E-state index in [4.69, 9.17) is 9.47 Å². The van der Waals surface area contributed by atoms with Gasteiger partial charge in [-0.2, -0.15) is 5.26 Å². The van der Waals surface area contributed by atoms with Crippen LogP contribution in [0.1, 0.15) is 11.1 Å². The van der Waals surface area contributed by atoms with Crippen LogP contribution in [-0.2, 0) is 14.3 Å². The van der Waals surface area contributed by atoms with Crippen molar-refractivity contribution in [3.63, 3.8) is 0 Å². The molecule has 150 valence electrons. The van der Waals surface area contributed by atoms with E-state index >= 15 is 0 Å². The Bertz CT molecular complexity index is 995. The van der Waals surface area contributed by atoms with Gasteiger partial charge in [0.25, 0.3) is 5.91 Å². The normalized spacial score (nSPS) is 10.7. The predicted molar refractivity (Wildman–Crippen MR) is 112 cm³/mol. The topological polar surface area (TPSA) is 97.7 Å². The molecule has 0 spiro atoms. The van der Waals surface area contributed by atoms with Gasteiger partial charge < -0.3 is 19.5 Å². The van der Waals surface area contributed by atoms with Crippen LogP contribution in [0.4, 0.5) is 5.69 Å². The number of nitriles is 1. The van der Waals surface area contributed by atoms with E-state index < -0.39 is 11.9 Å². The molecule has 0 heterocycles. The van der Waals surface area contributed by atoms with Gasteiger partial charge in [-0.25, -0.2) is 4.79 Å². The van der Waals surface area contributed by atoms with Crippen LogP contribution in [0.15, 0.2) is 46.4 Å². The molecule has 0 aliphatic carbocycles. The van der Waals surface area contributed by atoms with Crippen molar-refractivity contribution in [3.05, 3.63) is 57.6 Å². The summed E-state index contributed by atoms with van der Waals surface area (Å²) in [7, 11) is 2.70. The quantitative estimate of drug-likeness (QED) is 0.384. The number of nitrogens with zero attached hydrogens (tertiary/aromatic N) is 1. The first-order valence-corrected chi connectivity index (χ1v) is 9.24. The molecular weight excluding hydrogens is 440 g/mol. The lowest BCUT2D eigenvalue weighted by molar-refractivity contribution is -0.142. The minimum Gasteiger partial charge on any atom is -0.493 e. The van der Waals surface area contributed by atoms with Crippen LogP contribution >= 0.6 is 15.9 Å². The molecule has 1 amide bonds. The van der Waals surface area contributed by atoms with Gasteiger partial charge in [-0.15, -0.1) is 0 Å². The molecule has 0 saturated carbocycles. The molecule has 0 radical (unpaired) electrons. The Labute approximate surface area is 177 Å². The number of hydrogen-bond acceptors (Lipinski definition) is 6. The molecule has 29 heavy (non-hydrogen) atoms. The molecule has 2 aromatic rings. The second kappa shape index (κ2) is 10.3. The summed E-state index contributed by atoms with van der Waals surface area (Å²) in [5, 5.41) is 12.1. The molecule has 2 aromatic carbocycles. The third-order valence-corrected chi connectivity index (χ3v) is 4.35. The lowest BCUT2D eigenvalue weighted by Gasteiger charge is -2.13. The monoisotopic (exact) mass is 458 g/mol. The number of aryl methyl sites for hydroxylation is 1. The Morgan fingerprint density at radius 1 is 1.24 bits per heavy atom. The predicted octanol–water partition coefficient (Wildman–Crippen LogP) is 3.86. The number of methoxy groups -OCH3 is 2. The molecule has 1 N–H and O–H groups in total. The molecule has 0 atom stereocenters. The fourth-order valence-electron chi connectivity index (χ4n) is 2.39. The van der Waals surface area contributed by atoms with Crippen LogP contribution < -0.4 is 14.8 Å². The highest BCUT2D eigenvalue weighted by atomic mass is 79.9. The van der Waals surface area contributed by atoms with Gasteiger partial charge in [0.1, 0.15) is 11.6 Å². The summed E-state index contributed by atoms with van der Waals surface area (Å²) in [4.78, 5) is 23.8. The maximum atomic E-state index is 12.5. The van der Waals surface area contributed by atoms with Crippen LogP contribution in [-0.4, -0.2) is 32.7 Å². The summed E-state index contributed by atoms with van der Waals surface area (Å²) < 4.78 is 15.8. The summed E-state index contributed by atoms with van der Waals surface area (Å²) in [6, 6.07) is 12.4. The summed E-state index contributed by atoms with van der Waals surface area (Å²) in [5.41, 5.74) is 2.04.